The predicted molar refractivity (Wildman–Crippen MR) is 68.0 cm³/mol. The maximum atomic E-state index is 8.65. The summed E-state index contributed by atoms with van der Waals surface area (Å²) in [6.07, 6.45) is 4.65. The van der Waals surface area contributed by atoms with Gasteiger partial charge in [-0.2, -0.15) is 5.10 Å². The third kappa shape index (κ3) is 4.65. The standard InChI is InChI=1S/C12H22N4O/c1-3-10-11(4-2)15-16-12(14-10)13-8-6-5-7-9-17/h17H,3-9H2,1-2H3,(H,13,14,16). The molecule has 0 bridgehead atoms. The van der Waals surface area contributed by atoms with Gasteiger partial charge in [0.05, 0.1) is 11.4 Å². The van der Waals surface area contributed by atoms with Crippen LogP contribution >= 0.6 is 0 Å². The van der Waals surface area contributed by atoms with E-state index in [4.69, 9.17) is 5.11 Å². The number of nitrogens with zero attached hydrogens (tertiary/aromatic N) is 3. The molecule has 0 fully saturated rings. The van der Waals surface area contributed by atoms with Crippen LogP contribution in [0.25, 0.3) is 0 Å². The lowest BCUT2D eigenvalue weighted by atomic mass is 10.2. The zero-order chi connectivity index (χ0) is 12.5. The Hall–Kier alpha value is -1.23. The predicted octanol–water partition coefficient (Wildman–Crippen LogP) is 1.57. The van der Waals surface area contributed by atoms with Gasteiger partial charge in [-0.15, -0.1) is 5.10 Å². The monoisotopic (exact) mass is 238 g/mol. The van der Waals surface area contributed by atoms with Crippen LogP contribution in [0.1, 0.15) is 44.5 Å². The largest absolute Gasteiger partial charge is 0.396 e. The number of rotatable bonds is 8. The van der Waals surface area contributed by atoms with Crippen molar-refractivity contribution in [2.24, 2.45) is 0 Å². The van der Waals surface area contributed by atoms with Crippen LogP contribution in [0, 0.1) is 0 Å². The van der Waals surface area contributed by atoms with Gasteiger partial charge in [0.15, 0.2) is 0 Å². The molecule has 0 aromatic carbocycles. The molecule has 0 aliphatic rings. The molecule has 0 unspecified atom stereocenters. The summed E-state index contributed by atoms with van der Waals surface area (Å²) in [5, 5.41) is 20.0. The van der Waals surface area contributed by atoms with E-state index in [1.165, 1.54) is 0 Å². The molecule has 5 nitrogen and oxygen atoms in total. The molecule has 2 N–H and O–H groups in total. The van der Waals surface area contributed by atoms with Gasteiger partial charge in [0.2, 0.25) is 5.95 Å². The summed E-state index contributed by atoms with van der Waals surface area (Å²) in [5.74, 6) is 0.614. The second-order valence-corrected chi connectivity index (χ2v) is 3.95. The number of hydrogen-bond acceptors (Lipinski definition) is 5. The zero-order valence-electron chi connectivity index (χ0n) is 10.7. The summed E-state index contributed by atoms with van der Waals surface area (Å²) in [4.78, 5) is 4.45. The van der Waals surface area contributed by atoms with Crippen LogP contribution in [-0.2, 0) is 12.8 Å². The molecule has 0 amide bonds. The highest BCUT2D eigenvalue weighted by atomic mass is 16.2. The Kier molecular flexibility index (Phi) is 6.47. The van der Waals surface area contributed by atoms with Crippen LogP contribution in [0.15, 0.2) is 0 Å². The van der Waals surface area contributed by atoms with E-state index in [9.17, 15) is 0 Å². The molecule has 0 aliphatic heterocycles. The average molecular weight is 238 g/mol. The third-order valence-electron chi connectivity index (χ3n) is 2.63. The van der Waals surface area contributed by atoms with E-state index in [0.717, 1.165) is 50.0 Å². The molecule has 0 radical (unpaired) electrons. The minimum atomic E-state index is 0.267. The topological polar surface area (TPSA) is 70.9 Å². The highest BCUT2D eigenvalue weighted by Gasteiger charge is 2.05. The SMILES string of the molecule is CCc1nnc(NCCCCCO)nc1CC. The van der Waals surface area contributed by atoms with Crippen LogP contribution in [0.5, 0.6) is 0 Å². The summed E-state index contributed by atoms with van der Waals surface area (Å²) in [6.45, 7) is 5.24. The summed E-state index contributed by atoms with van der Waals surface area (Å²) in [6, 6.07) is 0. The van der Waals surface area contributed by atoms with E-state index >= 15 is 0 Å². The van der Waals surface area contributed by atoms with Crippen LogP contribution in [0.2, 0.25) is 0 Å². The Labute approximate surface area is 103 Å². The molecule has 17 heavy (non-hydrogen) atoms. The van der Waals surface area contributed by atoms with Gasteiger partial charge in [-0.05, 0) is 32.1 Å². The molecule has 1 aromatic heterocycles. The highest BCUT2D eigenvalue weighted by molar-refractivity contribution is 5.25. The van der Waals surface area contributed by atoms with Gasteiger partial charge in [-0.3, -0.25) is 0 Å². The molecular weight excluding hydrogens is 216 g/mol. The Balaban J connectivity index is 2.43. The van der Waals surface area contributed by atoms with Gasteiger partial charge in [-0.25, -0.2) is 4.98 Å². The maximum absolute atomic E-state index is 8.65. The van der Waals surface area contributed by atoms with E-state index < -0.39 is 0 Å². The Morgan fingerprint density at radius 3 is 2.41 bits per heavy atom. The summed E-state index contributed by atoms with van der Waals surface area (Å²) in [5.41, 5.74) is 2.01. The lowest BCUT2D eigenvalue weighted by Gasteiger charge is -2.07. The van der Waals surface area contributed by atoms with Crippen LogP contribution in [-0.4, -0.2) is 33.4 Å². The van der Waals surface area contributed by atoms with Crippen molar-refractivity contribution in [2.75, 3.05) is 18.5 Å². The molecule has 0 saturated heterocycles. The van der Waals surface area contributed by atoms with Gasteiger partial charge >= 0.3 is 0 Å². The summed E-state index contributed by atoms with van der Waals surface area (Å²) < 4.78 is 0. The van der Waals surface area contributed by atoms with Crippen molar-refractivity contribution in [3.63, 3.8) is 0 Å². The highest BCUT2D eigenvalue weighted by Crippen LogP contribution is 2.07. The summed E-state index contributed by atoms with van der Waals surface area (Å²) in [7, 11) is 0. The summed E-state index contributed by atoms with van der Waals surface area (Å²) >= 11 is 0. The number of aryl methyl sites for hydroxylation is 2. The minimum Gasteiger partial charge on any atom is -0.396 e. The molecule has 0 saturated carbocycles. The first-order valence-corrected chi connectivity index (χ1v) is 6.39. The van der Waals surface area contributed by atoms with Gasteiger partial charge in [0.1, 0.15) is 0 Å². The van der Waals surface area contributed by atoms with E-state index in [-0.39, 0.29) is 6.61 Å². The number of unbranched alkanes of at least 4 members (excludes halogenated alkanes) is 2. The second kappa shape index (κ2) is 7.95. The number of anilines is 1. The smallest absolute Gasteiger partial charge is 0.242 e. The van der Waals surface area contributed by atoms with Crippen LogP contribution in [0.4, 0.5) is 5.95 Å². The van der Waals surface area contributed by atoms with Crippen molar-refractivity contribution in [2.45, 2.75) is 46.0 Å². The molecule has 1 rings (SSSR count). The number of hydrogen-bond donors (Lipinski definition) is 2. The van der Waals surface area contributed by atoms with Crippen molar-refractivity contribution in [3.8, 4) is 0 Å². The molecular formula is C12H22N4O. The van der Waals surface area contributed by atoms with Crippen LogP contribution in [0.3, 0.4) is 0 Å². The van der Waals surface area contributed by atoms with Crippen molar-refractivity contribution in [1.29, 1.82) is 0 Å². The van der Waals surface area contributed by atoms with E-state index in [1.54, 1.807) is 0 Å². The Bertz CT molecular complexity index is 330. The molecule has 0 atom stereocenters. The van der Waals surface area contributed by atoms with Crippen molar-refractivity contribution in [1.82, 2.24) is 15.2 Å². The van der Waals surface area contributed by atoms with E-state index in [0.29, 0.717) is 5.95 Å². The van der Waals surface area contributed by atoms with Gasteiger partial charge in [-0.1, -0.05) is 13.8 Å². The van der Waals surface area contributed by atoms with Gasteiger partial charge < -0.3 is 10.4 Å². The van der Waals surface area contributed by atoms with E-state index in [1.807, 2.05) is 0 Å². The fraction of sp³-hybridized carbons (Fsp3) is 0.750. The van der Waals surface area contributed by atoms with Crippen molar-refractivity contribution >= 4 is 5.95 Å². The van der Waals surface area contributed by atoms with Gasteiger partial charge in [0, 0.05) is 13.2 Å². The first-order valence-electron chi connectivity index (χ1n) is 6.39. The zero-order valence-corrected chi connectivity index (χ0v) is 10.7. The second-order valence-electron chi connectivity index (χ2n) is 3.95. The Morgan fingerprint density at radius 1 is 1.00 bits per heavy atom. The Morgan fingerprint density at radius 2 is 1.76 bits per heavy atom. The quantitative estimate of drug-likeness (QED) is 0.673. The third-order valence-corrected chi connectivity index (χ3v) is 2.63. The number of aliphatic hydroxyl groups is 1. The average Bonchev–Trinajstić information content (AvgIpc) is 2.38. The van der Waals surface area contributed by atoms with E-state index in [2.05, 4.69) is 34.3 Å². The van der Waals surface area contributed by atoms with Crippen molar-refractivity contribution < 1.29 is 5.11 Å². The first kappa shape index (κ1) is 13.8. The lowest BCUT2D eigenvalue weighted by Crippen LogP contribution is -2.10. The van der Waals surface area contributed by atoms with Crippen molar-refractivity contribution in [3.05, 3.63) is 11.4 Å². The lowest BCUT2D eigenvalue weighted by molar-refractivity contribution is 0.283. The normalized spacial score (nSPS) is 10.5. The number of nitrogens with one attached hydrogen (secondary N) is 1. The fourth-order valence-electron chi connectivity index (χ4n) is 1.63. The van der Waals surface area contributed by atoms with Gasteiger partial charge in [0.25, 0.3) is 0 Å². The number of aliphatic hydroxyl groups excluding tert-OH is 1. The molecule has 96 valence electrons. The molecule has 0 spiro atoms. The molecule has 0 aliphatic carbocycles. The molecule has 1 heterocycles. The fourth-order valence-corrected chi connectivity index (χ4v) is 1.63. The molecule has 1 aromatic rings. The maximum Gasteiger partial charge on any atom is 0.242 e. The minimum absolute atomic E-state index is 0.267. The number of aromatic nitrogens is 3. The molecule has 5 heteroatoms. The first-order chi connectivity index (χ1) is 8.31. The van der Waals surface area contributed by atoms with Crippen LogP contribution < -0.4 is 5.32 Å².